The van der Waals surface area contributed by atoms with Crippen molar-refractivity contribution < 1.29 is 4.74 Å². The molecule has 0 aliphatic carbocycles. The zero-order valence-corrected chi connectivity index (χ0v) is 17.9. The molecular weight excluding hydrogens is 404 g/mol. The third kappa shape index (κ3) is 3.41. The number of ether oxygens (including phenoxy) is 1. The molecule has 2 heterocycles. The van der Waals surface area contributed by atoms with Crippen LogP contribution in [0.15, 0.2) is 52.1 Å². The van der Waals surface area contributed by atoms with E-state index < -0.39 is 11.2 Å². The maximum absolute atomic E-state index is 13.2. The Kier molecular flexibility index (Phi) is 4.99. The van der Waals surface area contributed by atoms with E-state index in [0.717, 1.165) is 16.7 Å². The molecule has 0 saturated carbocycles. The molecule has 0 saturated heterocycles. The Bertz CT molecular complexity index is 1400. The highest BCUT2D eigenvalue weighted by Crippen LogP contribution is 2.24. The summed E-state index contributed by atoms with van der Waals surface area (Å²) in [5.74, 6) is 0.612. The van der Waals surface area contributed by atoms with Crippen molar-refractivity contribution in [3.8, 4) is 11.8 Å². The third-order valence-corrected chi connectivity index (χ3v) is 5.47. The van der Waals surface area contributed by atoms with Gasteiger partial charge in [-0.25, -0.2) is 4.79 Å². The Labute approximate surface area is 177 Å². The van der Waals surface area contributed by atoms with Gasteiger partial charge in [0.2, 0.25) is 0 Å². The van der Waals surface area contributed by atoms with Gasteiger partial charge in [0, 0.05) is 19.1 Å². The maximum atomic E-state index is 13.2. The smallest absolute Gasteiger partial charge is 0.332 e. The molecule has 30 heavy (non-hydrogen) atoms. The van der Waals surface area contributed by atoms with Crippen LogP contribution in [-0.4, -0.2) is 18.7 Å². The summed E-state index contributed by atoms with van der Waals surface area (Å²) in [5.41, 5.74) is 2.67. The van der Waals surface area contributed by atoms with Gasteiger partial charge in [0.05, 0.1) is 6.54 Å². The lowest BCUT2D eigenvalue weighted by molar-refractivity contribution is 0.427. The molecule has 0 amide bonds. The molecule has 2 aromatic carbocycles. The Morgan fingerprint density at radius 1 is 1.00 bits per heavy atom. The zero-order chi connectivity index (χ0) is 21.6. The molecule has 0 atom stereocenters. The summed E-state index contributed by atoms with van der Waals surface area (Å²) in [6.45, 7) is 4.13. The van der Waals surface area contributed by atoms with E-state index in [4.69, 9.17) is 16.3 Å². The average molecular weight is 425 g/mol. The molecular formula is C22H21ClN4O3. The van der Waals surface area contributed by atoms with Gasteiger partial charge < -0.3 is 4.74 Å². The van der Waals surface area contributed by atoms with E-state index >= 15 is 0 Å². The summed E-state index contributed by atoms with van der Waals surface area (Å²) in [6, 6.07) is 13.0. The average Bonchev–Trinajstić information content (AvgIpc) is 3.03. The van der Waals surface area contributed by atoms with E-state index in [-0.39, 0.29) is 23.7 Å². The second-order valence-corrected chi connectivity index (χ2v) is 7.77. The number of imidazole rings is 1. The molecule has 8 heteroatoms. The first-order valence-electron chi connectivity index (χ1n) is 9.42. The van der Waals surface area contributed by atoms with Crippen LogP contribution in [0.2, 0.25) is 5.02 Å². The number of aromatic nitrogens is 4. The van der Waals surface area contributed by atoms with E-state index in [1.54, 1.807) is 36.9 Å². The van der Waals surface area contributed by atoms with Gasteiger partial charge >= 0.3 is 11.7 Å². The summed E-state index contributed by atoms with van der Waals surface area (Å²) in [5, 5.41) is 0.545. The third-order valence-electron chi connectivity index (χ3n) is 5.24. The highest BCUT2D eigenvalue weighted by molar-refractivity contribution is 6.30. The highest BCUT2D eigenvalue weighted by atomic mass is 35.5. The van der Waals surface area contributed by atoms with Crippen LogP contribution in [0.1, 0.15) is 16.7 Å². The summed E-state index contributed by atoms with van der Waals surface area (Å²) >= 11 is 6.04. The molecule has 154 valence electrons. The van der Waals surface area contributed by atoms with E-state index in [2.05, 4.69) is 4.98 Å². The van der Waals surface area contributed by atoms with Crippen molar-refractivity contribution in [2.75, 3.05) is 0 Å². The van der Waals surface area contributed by atoms with Gasteiger partial charge in [-0.1, -0.05) is 29.8 Å². The van der Waals surface area contributed by atoms with Crippen molar-refractivity contribution in [2.45, 2.75) is 20.4 Å². The van der Waals surface area contributed by atoms with Crippen LogP contribution in [0.5, 0.6) is 11.8 Å². The van der Waals surface area contributed by atoms with Gasteiger partial charge in [0.1, 0.15) is 5.75 Å². The maximum Gasteiger partial charge on any atom is 0.332 e. The van der Waals surface area contributed by atoms with Gasteiger partial charge in [0.25, 0.3) is 5.56 Å². The molecule has 4 aromatic rings. The number of hydrogen-bond acceptors (Lipinski definition) is 4. The van der Waals surface area contributed by atoms with Crippen molar-refractivity contribution in [1.29, 1.82) is 0 Å². The minimum Gasteiger partial charge on any atom is -0.425 e. The van der Waals surface area contributed by atoms with E-state index in [1.165, 1.54) is 9.13 Å². The lowest BCUT2D eigenvalue weighted by atomic mass is 10.1. The van der Waals surface area contributed by atoms with Crippen molar-refractivity contribution >= 4 is 22.8 Å². The second-order valence-electron chi connectivity index (χ2n) is 7.34. The van der Waals surface area contributed by atoms with E-state index in [9.17, 15) is 9.59 Å². The molecule has 2 aromatic heterocycles. The van der Waals surface area contributed by atoms with Crippen molar-refractivity contribution in [3.63, 3.8) is 0 Å². The van der Waals surface area contributed by atoms with E-state index in [0.29, 0.717) is 10.8 Å². The molecule has 0 aliphatic rings. The quantitative estimate of drug-likeness (QED) is 0.502. The number of rotatable bonds is 4. The lowest BCUT2D eigenvalue weighted by Gasteiger charge is -2.09. The fourth-order valence-electron chi connectivity index (χ4n) is 3.35. The Hall–Kier alpha value is -3.32. The van der Waals surface area contributed by atoms with Crippen molar-refractivity contribution in [2.24, 2.45) is 14.1 Å². The first kappa shape index (κ1) is 20.0. The van der Waals surface area contributed by atoms with Crippen LogP contribution in [-0.2, 0) is 20.6 Å². The number of nitrogens with zero attached hydrogens (tertiary/aromatic N) is 4. The molecule has 0 N–H and O–H groups in total. The fourth-order valence-corrected chi connectivity index (χ4v) is 3.57. The fraction of sp³-hybridized carbons (Fsp3) is 0.227. The minimum absolute atomic E-state index is 0.112. The molecule has 0 unspecified atom stereocenters. The summed E-state index contributed by atoms with van der Waals surface area (Å²) in [7, 11) is 3.28. The standard InChI is InChI=1S/C22H21ClN4O3/c1-13-8-9-17(10-14(13)2)30-21-24-19-18(25(21)3)20(28)27(22(29)26(19)4)12-15-6-5-7-16(23)11-15/h5-11H,12H2,1-4H3. The van der Waals surface area contributed by atoms with Gasteiger partial charge in [-0.05, 0) is 54.8 Å². The van der Waals surface area contributed by atoms with Gasteiger partial charge in [-0.2, -0.15) is 4.98 Å². The number of hydrogen-bond donors (Lipinski definition) is 0. The molecule has 0 bridgehead atoms. The Morgan fingerprint density at radius 3 is 2.47 bits per heavy atom. The summed E-state index contributed by atoms with van der Waals surface area (Å²) < 4.78 is 10.0. The van der Waals surface area contributed by atoms with Crippen molar-refractivity contribution in [1.82, 2.24) is 18.7 Å². The largest absolute Gasteiger partial charge is 0.425 e. The van der Waals surface area contributed by atoms with Crippen LogP contribution in [0, 0.1) is 13.8 Å². The molecule has 4 rings (SSSR count). The highest BCUT2D eigenvalue weighted by Gasteiger charge is 2.20. The number of aryl methyl sites for hydroxylation is 4. The number of fused-ring (bicyclic) bond motifs is 1. The van der Waals surface area contributed by atoms with Crippen LogP contribution in [0.4, 0.5) is 0 Å². The SMILES string of the molecule is Cc1ccc(Oc2nc3c(c(=O)n(Cc4cccc(Cl)c4)c(=O)n3C)n2C)cc1C. The van der Waals surface area contributed by atoms with E-state index in [1.807, 2.05) is 38.1 Å². The predicted octanol–water partition coefficient (Wildman–Crippen LogP) is 3.54. The van der Waals surface area contributed by atoms with Crippen LogP contribution in [0.25, 0.3) is 11.2 Å². The number of benzene rings is 2. The van der Waals surface area contributed by atoms with Gasteiger partial charge in [-0.3, -0.25) is 18.5 Å². The lowest BCUT2D eigenvalue weighted by Crippen LogP contribution is -2.39. The molecule has 0 fully saturated rings. The minimum atomic E-state index is -0.455. The Balaban J connectivity index is 1.83. The van der Waals surface area contributed by atoms with Gasteiger partial charge in [-0.15, -0.1) is 0 Å². The second kappa shape index (κ2) is 7.50. The normalized spacial score (nSPS) is 11.2. The monoisotopic (exact) mass is 424 g/mol. The Morgan fingerprint density at radius 2 is 1.77 bits per heavy atom. The topological polar surface area (TPSA) is 71.1 Å². The van der Waals surface area contributed by atoms with Crippen molar-refractivity contribution in [3.05, 3.63) is 85.0 Å². The molecule has 0 radical (unpaired) electrons. The number of halogens is 1. The first-order valence-corrected chi connectivity index (χ1v) is 9.80. The molecule has 0 spiro atoms. The first-order chi connectivity index (χ1) is 14.3. The predicted molar refractivity (Wildman–Crippen MR) is 117 cm³/mol. The summed E-state index contributed by atoms with van der Waals surface area (Å²) in [6.07, 6.45) is 0. The summed E-state index contributed by atoms with van der Waals surface area (Å²) in [4.78, 5) is 30.4. The van der Waals surface area contributed by atoms with Crippen LogP contribution < -0.4 is 16.0 Å². The van der Waals surface area contributed by atoms with Crippen LogP contribution in [0.3, 0.4) is 0 Å². The van der Waals surface area contributed by atoms with Gasteiger partial charge in [0.15, 0.2) is 11.2 Å². The molecule has 7 nitrogen and oxygen atoms in total. The molecule has 0 aliphatic heterocycles. The van der Waals surface area contributed by atoms with Crippen LogP contribution >= 0.6 is 11.6 Å². The zero-order valence-electron chi connectivity index (χ0n) is 17.1.